The minimum absolute atomic E-state index is 0.0654. The highest BCUT2D eigenvalue weighted by atomic mass is 16.5. The largest absolute Gasteiger partial charge is 0.488 e. The van der Waals surface area contributed by atoms with Crippen LogP contribution in [-0.4, -0.2) is 49.9 Å². The Balaban J connectivity index is 1.57. The first kappa shape index (κ1) is 21.4. The first-order valence-corrected chi connectivity index (χ1v) is 10.1. The van der Waals surface area contributed by atoms with Crippen molar-refractivity contribution >= 4 is 0 Å². The lowest BCUT2D eigenvalue weighted by molar-refractivity contribution is 0.146. The normalized spacial score (nSPS) is 11.0. The first-order chi connectivity index (χ1) is 15.5. The van der Waals surface area contributed by atoms with Gasteiger partial charge in [-0.1, -0.05) is 18.2 Å². The summed E-state index contributed by atoms with van der Waals surface area (Å²) < 4.78 is 13.9. The summed E-state index contributed by atoms with van der Waals surface area (Å²) in [7, 11) is 3.46. The Labute approximate surface area is 185 Å². The van der Waals surface area contributed by atoms with E-state index in [-0.39, 0.29) is 5.43 Å². The van der Waals surface area contributed by atoms with Crippen LogP contribution in [0.2, 0.25) is 0 Å². The molecule has 0 unspecified atom stereocenters. The Hall–Kier alpha value is -3.85. The minimum Gasteiger partial charge on any atom is -0.488 e. The maximum atomic E-state index is 12.7. The van der Waals surface area contributed by atoms with Crippen molar-refractivity contribution in [2.75, 3.05) is 20.3 Å². The zero-order valence-corrected chi connectivity index (χ0v) is 18.2. The Morgan fingerprint density at radius 2 is 1.88 bits per heavy atom. The van der Waals surface area contributed by atoms with Crippen molar-refractivity contribution in [2.45, 2.75) is 13.3 Å². The maximum Gasteiger partial charge on any atom is 0.206 e. The zero-order valence-electron chi connectivity index (χ0n) is 18.2. The summed E-state index contributed by atoms with van der Waals surface area (Å²) in [6.07, 6.45) is 8.96. The molecule has 0 spiro atoms. The topological polar surface area (TPSA) is 97.0 Å². The predicted octanol–water partition coefficient (Wildman–Crippen LogP) is 2.35. The summed E-state index contributed by atoms with van der Waals surface area (Å²) in [6, 6.07) is 7.79. The van der Waals surface area contributed by atoms with E-state index in [1.165, 1.54) is 0 Å². The molecule has 3 heterocycles. The average Bonchev–Trinajstić information content (AvgIpc) is 3.24. The van der Waals surface area contributed by atoms with Crippen LogP contribution in [0.4, 0.5) is 0 Å². The highest BCUT2D eigenvalue weighted by Gasteiger charge is 2.11. The van der Waals surface area contributed by atoms with Gasteiger partial charge in [0.25, 0.3) is 0 Å². The number of aryl methyl sites for hydroxylation is 2. The molecule has 0 N–H and O–H groups in total. The summed E-state index contributed by atoms with van der Waals surface area (Å²) >= 11 is 0. The Morgan fingerprint density at radius 3 is 2.59 bits per heavy atom. The molecule has 0 saturated carbocycles. The molecule has 9 nitrogen and oxygen atoms in total. The van der Waals surface area contributed by atoms with Gasteiger partial charge < -0.3 is 9.47 Å². The van der Waals surface area contributed by atoms with Crippen LogP contribution < -0.4 is 10.2 Å². The van der Waals surface area contributed by atoms with E-state index < -0.39 is 0 Å². The number of nitrogens with zero attached hydrogens (tertiary/aromatic N) is 6. The van der Waals surface area contributed by atoms with Crippen LogP contribution in [0.1, 0.15) is 16.8 Å². The number of rotatable bonds is 8. The summed E-state index contributed by atoms with van der Waals surface area (Å²) in [5.41, 5.74) is 3.62. The molecule has 0 bridgehead atoms. The van der Waals surface area contributed by atoms with Crippen LogP contribution in [-0.2, 0) is 18.2 Å². The van der Waals surface area contributed by atoms with Crippen LogP contribution in [0.5, 0.6) is 5.75 Å². The SMILES string of the molecule is COCCOc1cnc(-c2cccc(Cc3nn(-c4cnn(C)c4)cc(C)c3=O)c2)nc1. The summed E-state index contributed by atoms with van der Waals surface area (Å²) in [5.74, 6) is 1.16. The lowest BCUT2D eigenvalue weighted by Crippen LogP contribution is -2.19. The van der Waals surface area contributed by atoms with Gasteiger partial charge in [-0.3, -0.25) is 9.48 Å². The molecule has 164 valence electrons. The van der Waals surface area contributed by atoms with Crippen molar-refractivity contribution in [1.29, 1.82) is 0 Å². The highest BCUT2D eigenvalue weighted by Crippen LogP contribution is 2.19. The van der Waals surface area contributed by atoms with Crippen molar-refractivity contribution in [3.05, 3.63) is 82.3 Å². The molecular formula is C23H24N6O3. The fraction of sp³-hybridized carbons (Fsp3) is 0.261. The van der Waals surface area contributed by atoms with Gasteiger partial charge >= 0.3 is 0 Å². The molecule has 4 aromatic rings. The fourth-order valence-electron chi connectivity index (χ4n) is 3.24. The van der Waals surface area contributed by atoms with Crippen molar-refractivity contribution in [3.63, 3.8) is 0 Å². The van der Waals surface area contributed by atoms with Crippen LogP contribution in [0.15, 0.2) is 60.0 Å². The van der Waals surface area contributed by atoms with Gasteiger partial charge in [0.2, 0.25) is 5.43 Å². The molecule has 0 atom stereocenters. The van der Waals surface area contributed by atoms with E-state index in [0.717, 1.165) is 16.8 Å². The van der Waals surface area contributed by atoms with E-state index >= 15 is 0 Å². The van der Waals surface area contributed by atoms with Gasteiger partial charge in [0, 0.05) is 37.9 Å². The van der Waals surface area contributed by atoms with E-state index in [2.05, 4.69) is 20.2 Å². The minimum atomic E-state index is -0.0654. The van der Waals surface area contributed by atoms with E-state index in [1.54, 1.807) is 48.2 Å². The standard InChI is InChI=1S/C23H24N6O3/c1-16-14-29(19-11-26-28(2)15-19)27-21(22(16)30)10-17-5-4-6-18(9-17)23-24-12-20(13-25-23)32-8-7-31-3/h4-6,9,11-15H,7-8,10H2,1-3H3. The number of ether oxygens (including phenoxy) is 2. The summed E-state index contributed by atoms with van der Waals surface area (Å²) in [4.78, 5) is 21.5. The smallest absolute Gasteiger partial charge is 0.206 e. The summed E-state index contributed by atoms with van der Waals surface area (Å²) in [6.45, 7) is 2.73. The van der Waals surface area contributed by atoms with Crippen molar-refractivity contribution in [2.24, 2.45) is 7.05 Å². The molecule has 0 aliphatic rings. The van der Waals surface area contributed by atoms with Gasteiger partial charge in [0.15, 0.2) is 11.6 Å². The molecule has 0 saturated heterocycles. The zero-order chi connectivity index (χ0) is 22.5. The van der Waals surface area contributed by atoms with E-state index in [0.29, 0.717) is 42.5 Å². The number of benzene rings is 1. The van der Waals surface area contributed by atoms with Gasteiger partial charge in [0.05, 0.1) is 31.4 Å². The van der Waals surface area contributed by atoms with E-state index in [1.807, 2.05) is 37.5 Å². The van der Waals surface area contributed by atoms with Crippen molar-refractivity contribution in [3.8, 4) is 22.8 Å². The lowest BCUT2D eigenvalue weighted by Gasteiger charge is -2.09. The Kier molecular flexibility index (Phi) is 6.37. The number of methoxy groups -OCH3 is 1. The molecule has 0 fully saturated rings. The summed E-state index contributed by atoms with van der Waals surface area (Å²) in [5, 5.41) is 8.73. The molecule has 1 aromatic carbocycles. The fourth-order valence-corrected chi connectivity index (χ4v) is 3.24. The number of hydrogen-bond acceptors (Lipinski definition) is 7. The third-order valence-corrected chi connectivity index (χ3v) is 4.86. The molecule has 0 radical (unpaired) electrons. The molecule has 4 rings (SSSR count). The Bertz CT molecular complexity index is 1260. The molecule has 0 aliphatic heterocycles. The van der Waals surface area contributed by atoms with Crippen molar-refractivity contribution < 1.29 is 9.47 Å². The number of hydrogen-bond donors (Lipinski definition) is 0. The van der Waals surface area contributed by atoms with Gasteiger partial charge in [-0.2, -0.15) is 10.2 Å². The molecule has 0 aliphatic carbocycles. The molecule has 3 aromatic heterocycles. The van der Waals surface area contributed by atoms with Crippen LogP contribution in [0.25, 0.3) is 17.1 Å². The Morgan fingerprint density at radius 1 is 1.06 bits per heavy atom. The van der Waals surface area contributed by atoms with Crippen molar-refractivity contribution in [1.82, 2.24) is 29.5 Å². The molecular weight excluding hydrogens is 408 g/mol. The van der Waals surface area contributed by atoms with Crippen LogP contribution in [0, 0.1) is 6.92 Å². The van der Waals surface area contributed by atoms with E-state index in [4.69, 9.17) is 9.47 Å². The first-order valence-electron chi connectivity index (χ1n) is 10.1. The quantitative estimate of drug-likeness (QED) is 0.394. The third kappa shape index (κ3) is 4.89. The van der Waals surface area contributed by atoms with Gasteiger partial charge in [-0.25, -0.2) is 14.6 Å². The van der Waals surface area contributed by atoms with Gasteiger partial charge in [-0.15, -0.1) is 0 Å². The monoisotopic (exact) mass is 432 g/mol. The average molecular weight is 432 g/mol. The van der Waals surface area contributed by atoms with Gasteiger partial charge in [0.1, 0.15) is 18.0 Å². The predicted molar refractivity (Wildman–Crippen MR) is 119 cm³/mol. The second-order valence-corrected chi connectivity index (χ2v) is 7.37. The molecule has 0 amide bonds. The second kappa shape index (κ2) is 9.52. The molecule has 9 heteroatoms. The molecule has 32 heavy (non-hydrogen) atoms. The highest BCUT2D eigenvalue weighted by molar-refractivity contribution is 5.56. The van der Waals surface area contributed by atoms with Crippen LogP contribution >= 0.6 is 0 Å². The lowest BCUT2D eigenvalue weighted by atomic mass is 10.0. The van der Waals surface area contributed by atoms with Crippen LogP contribution in [0.3, 0.4) is 0 Å². The second-order valence-electron chi connectivity index (χ2n) is 7.37. The number of aromatic nitrogens is 6. The maximum absolute atomic E-state index is 12.7. The van der Waals surface area contributed by atoms with Gasteiger partial charge in [-0.05, 0) is 18.6 Å². The van der Waals surface area contributed by atoms with E-state index in [9.17, 15) is 4.79 Å². The third-order valence-electron chi connectivity index (χ3n) is 4.86.